The number of nitrogens with zero attached hydrogens (tertiary/aromatic N) is 2. The normalized spacial score (nSPS) is 20.7. The highest BCUT2D eigenvalue weighted by atomic mass is 16.3. The molecule has 2 fully saturated rings. The molecule has 3 heterocycles. The van der Waals surface area contributed by atoms with E-state index in [1.807, 2.05) is 0 Å². The molecule has 0 bridgehead atoms. The van der Waals surface area contributed by atoms with Crippen molar-refractivity contribution in [2.45, 2.75) is 6.04 Å². The van der Waals surface area contributed by atoms with E-state index in [-0.39, 0.29) is 17.4 Å². The lowest BCUT2D eigenvalue weighted by atomic mass is 10.0. The Hall–Kier alpha value is -1.86. The number of pyridine rings is 1. The SMILES string of the molecule is O=C(c1cc(O)[nH]c(=O)c1)N1CC(N2CCNCC2)C1. The van der Waals surface area contributed by atoms with Gasteiger partial charge in [-0.15, -0.1) is 0 Å². The summed E-state index contributed by atoms with van der Waals surface area (Å²) in [4.78, 5) is 29.8. The van der Waals surface area contributed by atoms with Crippen LogP contribution < -0.4 is 10.9 Å². The minimum Gasteiger partial charge on any atom is -0.494 e. The number of likely N-dealkylation sites (tertiary alicyclic amines) is 1. The lowest BCUT2D eigenvalue weighted by molar-refractivity contribution is 0.0226. The predicted octanol–water partition coefficient (Wildman–Crippen LogP) is -1.19. The molecule has 0 aliphatic carbocycles. The molecule has 0 saturated carbocycles. The van der Waals surface area contributed by atoms with Crippen LogP contribution in [-0.2, 0) is 0 Å². The van der Waals surface area contributed by atoms with Crippen molar-refractivity contribution >= 4 is 5.91 Å². The van der Waals surface area contributed by atoms with Gasteiger partial charge in [0.2, 0.25) is 0 Å². The Bertz CT molecular complexity index is 559. The molecule has 2 saturated heterocycles. The van der Waals surface area contributed by atoms with Gasteiger partial charge in [-0.2, -0.15) is 0 Å². The first-order valence-corrected chi connectivity index (χ1v) is 6.81. The number of H-pyrrole nitrogens is 1. The monoisotopic (exact) mass is 278 g/mol. The first-order valence-electron chi connectivity index (χ1n) is 6.81. The number of nitrogens with one attached hydrogen (secondary N) is 2. The van der Waals surface area contributed by atoms with E-state index >= 15 is 0 Å². The van der Waals surface area contributed by atoms with Crippen LogP contribution in [0, 0.1) is 0 Å². The molecule has 7 heteroatoms. The van der Waals surface area contributed by atoms with Crippen molar-refractivity contribution < 1.29 is 9.90 Å². The molecule has 20 heavy (non-hydrogen) atoms. The number of carbonyl (C=O) groups excluding carboxylic acids is 1. The molecule has 7 nitrogen and oxygen atoms in total. The fraction of sp³-hybridized carbons (Fsp3) is 0.538. The van der Waals surface area contributed by atoms with Crippen molar-refractivity contribution in [2.75, 3.05) is 39.3 Å². The van der Waals surface area contributed by atoms with Gasteiger partial charge < -0.3 is 15.3 Å². The largest absolute Gasteiger partial charge is 0.494 e. The predicted molar refractivity (Wildman–Crippen MR) is 72.9 cm³/mol. The van der Waals surface area contributed by atoms with E-state index in [2.05, 4.69) is 15.2 Å². The Morgan fingerprint density at radius 1 is 1.25 bits per heavy atom. The third kappa shape index (κ3) is 2.54. The first-order chi connectivity index (χ1) is 9.63. The van der Waals surface area contributed by atoms with Gasteiger partial charge >= 0.3 is 0 Å². The van der Waals surface area contributed by atoms with Gasteiger partial charge in [-0.25, -0.2) is 0 Å². The summed E-state index contributed by atoms with van der Waals surface area (Å²) in [6.45, 7) is 5.38. The third-order valence-electron chi connectivity index (χ3n) is 3.89. The molecule has 2 aliphatic heterocycles. The van der Waals surface area contributed by atoms with Crippen LogP contribution in [0.2, 0.25) is 0 Å². The Labute approximate surface area is 116 Å². The standard InChI is InChI=1S/C13H18N4O3/c18-11-5-9(6-12(19)15-11)13(20)17-7-10(8-17)16-3-1-14-2-4-16/h5-6,10,14H,1-4,7-8H2,(H2,15,18,19). The number of amides is 1. The molecule has 0 radical (unpaired) electrons. The summed E-state index contributed by atoms with van der Waals surface area (Å²) in [6, 6.07) is 2.93. The van der Waals surface area contributed by atoms with E-state index in [1.54, 1.807) is 4.90 Å². The Kier molecular flexibility index (Phi) is 3.45. The number of aromatic hydroxyl groups is 1. The second kappa shape index (κ2) is 5.26. The minimum atomic E-state index is -0.465. The van der Waals surface area contributed by atoms with Crippen LogP contribution in [0.3, 0.4) is 0 Å². The number of rotatable bonds is 2. The topological polar surface area (TPSA) is 88.7 Å². The first kappa shape index (κ1) is 13.1. The van der Waals surface area contributed by atoms with Crippen LogP contribution in [0.4, 0.5) is 0 Å². The van der Waals surface area contributed by atoms with Gasteiger partial charge in [0, 0.05) is 57.4 Å². The maximum atomic E-state index is 12.2. The zero-order valence-electron chi connectivity index (χ0n) is 11.1. The van der Waals surface area contributed by atoms with Gasteiger partial charge in [-0.1, -0.05) is 0 Å². The van der Waals surface area contributed by atoms with Crippen molar-refractivity contribution in [1.29, 1.82) is 0 Å². The third-order valence-corrected chi connectivity index (χ3v) is 3.89. The minimum absolute atomic E-state index is 0.196. The van der Waals surface area contributed by atoms with Crippen molar-refractivity contribution in [1.82, 2.24) is 20.1 Å². The van der Waals surface area contributed by atoms with E-state index in [9.17, 15) is 14.7 Å². The van der Waals surface area contributed by atoms with Crippen LogP contribution in [0.5, 0.6) is 5.88 Å². The van der Waals surface area contributed by atoms with Crippen LogP contribution in [-0.4, -0.2) is 71.1 Å². The molecule has 3 N–H and O–H groups in total. The summed E-state index contributed by atoms with van der Waals surface area (Å²) in [6.07, 6.45) is 0. The zero-order valence-corrected chi connectivity index (χ0v) is 11.1. The fourth-order valence-corrected chi connectivity index (χ4v) is 2.73. The Morgan fingerprint density at radius 3 is 2.60 bits per heavy atom. The van der Waals surface area contributed by atoms with Gasteiger partial charge in [-0.05, 0) is 0 Å². The lowest BCUT2D eigenvalue weighted by Crippen LogP contribution is -2.63. The summed E-state index contributed by atoms with van der Waals surface area (Å²) in [7, 11) is 0. The summed E-state index contributed by atoms with van der Waals surface area (Å²) >= 11 is 0. The molecule has 0 spiro atoms. The summed E-state index contributed by atoms with van der Waals surface area (Å²) < 4.78 is 0. The van der Waals surface area contributed by atoms with Gasteiger partial charge in [-0.3, -0.25) is 19.5 Å². The number of hydrogen-bond donors (Lipinski definition) is 3. The van der Waals surface area contributed by atoms with Crippen molar-refractivity contribution in [3.05, 3.63) is 28.0 Å². The lowest BCUT2D eigenvalue weighted by Gasteiger charge is -2.46. The molecule has 1 amide bonds. The van der Waals surface area contributed by atoms with Gasteiger partial charge in [0.1, 0.15) is 0 Å². The van der Waals surface area contributed by atoms with Crippen LogP contribution >= 0.6 is 0 Å². The van der Waals surface area contributed by atoms with Crippen molar-refractivity contribution in [2.24, 2.45) is 0 Å². The highest BCUT2D eigenvalue weighted by Gasteiger charge is 2.35. The second-order valence-electron chi connectivity index (χ2n) is 5.27. The number of piperazine rings is 1. The smallest absolute Gasteiger partial charge is 0.254 e. The van der Waals surface area contributed by atoms with Crippen molar-refractivity contribution in [3.8, 4) is 5.88 Å². The highest BCUT2D eigenvalue weighted by Crippen LogP contribution is 2.18. The van der Waals surface area contributed by atoms with E-state index in [0.717, 1.165) is 26.2 Å². The molecule has 2 aliphatic rings. The molecule has 3 rings (SSSR count). The van der Waals surface area contributed by atoms with E-state index in [4.69, 9.17) is 0 Å². The van der Waals surface area contributed by atoms with E-state index in [1.165, 1.54) is 12.1 Å². The number of hydrogen-bond acceptors (Lipinski definition) is 5. The average Bonchev–Trinajstić information content (AvgIpc) is 2.37. The molecule has 0 unspecified atom stereocenters. The molecule has 108 valence electrons. The maximum Gasteiger partial charge on any atom is 0.254 e. The van der Waals surface area contributed by atoms with E-state index in [0.29, 0.717) is 19.1 Å². The van der Waals surface area contributed by atoms with Crippen molar-refractivity contribution in [3.63, 3.8) is 0 Å². The zero-order chi connectivity index (χ0) is 14.1. The highest BCUT2D eigenvalue weighted by molar-refractivity contribution is 5.95. The quantitative estimate of drug-likeness (QED) is 0.633. The molecule has 1 aromatic rings. The van der Waals surface area contributed by atoms with Crippen LogP contribution in [0.15, 0.2) is 16.9 Å². The van der Waals surface area contributed by atoms with E-state index < -0.39 is 5.56 Å². The Balaban J connectivity index is 1.61. The van der Waals surface area contributed by atoms with Crippen LogP contribution in [0.25, 0.3) is 0 Å². The van der Waals surface area contributed by atoms with Crippen LogP contribution in [0.1, 0.15) is 10.4 Å². The summed E-state index contributed by atoms with van der Waals surface area (Å²) in [5.74, 6) is -0.474. The second-order valence-corrected chi connectivity index (χ2v) is 5.27. The molecular formula is C13H18N4O3. The summed E-state index contributed by atoms with van der Waals surface area (Å²) in [5.41, 5.74) is -0.225. The maximum absolute atomic E-state index is 12.2. The summed E-state index contributed by atoms with van der Waals surface area (Å²) in [5, 5.41) is 12.6. The molecule has 0 atom stereocenters. The van der Waals surface area contributed by atoms with Gasteiger partial charge in [0.15, 0.2) is 5.88 Å². The fourth-order valence-electron chi connectivity index (χ4n) is 2.73. The molecule has 1 aromatic heterocycles. The average molecular weight is 278 g/mol. The van der Waals surface area contributed by atoms with Gasteiger partial charge in [0.25, 0.3) is 11.5 Å². The molecular weight excluding hydrogens is 260 g/mol. The number of carbonyl (C=O) groups is 1. The van der Waals surface area contributed by atoms with Gasteiger partial charge in [0.05, 0.1) is 5.56 Å². The number of aromatic nitrogens is 1. The number of aromatic amines is 1. The molecule has 0 aromatic carbocycles. The Morgan fingerprint density at radius 2 is 1.95 bits per heavy atom.